The molecule has 1 fully saturated rings. The van der Waals surface area contributed by atoms with Gasteiger partial charge in [0.25, 0.3) is 0 Å². The summed E-state index contributed by atoms with van der Waals surface area (Å²) in [5.74, 6) is 0.230. The molecule has 2 heterocycles. The first-order valence-corrected chi connectivity index (χ1v) is 8.23. The molecule has 1 aromatic rings. The Hall–Kier alpha value is -1.36. The topological polar surface area (TPSA) is 50.2 Å². The molecule has 0 aromatic carbocycles. The van der Waals surface area contributed by atoms with E-state index in [1.165, 1.54) is 6.42 Å². The number of hydrogen-bond acceptors (Lipinski definition) is 3. The van der Waals surface area contributed by atoms with Crippen molar-refractivity contribution < 1.29 is 4.79 Å². The van der Waals surface area contributed by atoms with Crippen LogP contribution in [0.1, 0.15) is 51.4 Å². The Morgan fingerprint density at radius 3 is 2.67 bits per heavy atom. The molecule has 118 valence electrons. The Bertz CT molecular complexity index is 463. The lowest BCUT2D eigenvalue weighted by Gasteiger charge is -2.29. The van der Waals surface area contributed by atoms with Crippen LogP contribution < -0.4 is 5.32 Å². The number of aromatic nitrogens is 2. The third kappa shape index (κ3) is 4.06. The quantitative estimate of drug-likeness (QED) is 0.872. The van der Waals surface area contributed by atoms with Crippen molar-refractivity contribution in [1.82, 2.24) is 20.0 Å². The van der Waals surface area contributed by atoms with E-state index < -0.39 is 0 Å². The third-order valence-electron chi connectivity index (χ3n) is 4.20. The fraction of sp³-hybridized carbons (Fsp3) is 0.750. The van der Waals surface area contributed by atoms with Crippen molar-refractivity contribution >= 4 is 5.91 Å². The van der Waals surface area contributed by atoms with Gasteiger partial charge in [0.2, 0.25) is 5.91 Å². The van der Waals surface area contributed by atoms with Crippen molar-refractivity contribution in [3.63, 3.8) is 0 Å². The molecule has 0 aliphatic carbocycles. The van der Waals surface area contributed by atoms with Crippen LogP contribution in [0.5, 0.6) is 0 Å². The fourth-order valence-corrected chi connectivity index (χ4v) is 2.84. The first kappa shape index (κ1) is 16.0. The molecule has 1 unspecified atom stereocenters. The van der Waals surface area contributed by atoms with E-state index in [4.69, 9.17) is 0 Å². The van der Waals surface area contributed by atoms with Gasteiger partial charge < -0.3 is 10.2 Å². The Kier molecular flexibility index (Phi) is 5.79. The van der Waals surface area contributed by atoms with E-state index in [1.54, 1.807) is 0 Å². The third-order valence-corrected chi connectivity index (χ3v) is 4.20. The van der Waals surface area contributed by atoms with Crippen molar-refractivity contribution in [2.75, 3.05) is 13.1 Å². The lowest BCUT2D eigenvalue weighted by Crippen LogP contribution is -2.46. The number of piperidine rings is 1. The summed E-state index contributed by atoms with van der Waals surface area (Å²) in [5.41, 5.74) is 2.27. The average molecular weight is 292 g/mol. The summed E-state index contributed by atoms with van der Waals surface area (Å²) in [6.45, 7) is 9.56. The normalized spacial score (nSPS) is 17.0. The summed E-state index contributed by atoms with van der Waals surface area (Å²) in [5, 5.41) is 7.90. The lowest BCUT2D eigenvalue weighted by atomic mass is 10.1. The van der Waals surface area contributed by atoms with Gasteiger partial charge in [-0.2, -0.15) is 5.10 Å². The summed E-state index contributed by atoms with van der Waals surface area (Å²) in [7, 11) is 0. The van der Waals surface area contributed by atoms with E-state index >= 15 is 0 Å². The van der Waals surface area contributed by atoms with Crippen molar-refractivity contribution in [1.29, 1.82) is 0 Å². The van der Waals surface area contributed by atoms with E-state index in [2.05, 4.69) is 30.3 Å². The Morgan fingerprint density at radius 1 is 1.33 bits per heavy atom. The molecule has 0 radical (unpaired) electrons. The molecule has 0 bridgehead atoms. The molecule has 0 spiro atoms. The maximum Gasteiger partial charge on any atom is 0.239 e. The number of nitrogens with zero attached hydrogens (tertiary/aromatic N) is 3. The smallest absolute Gasteiger partial charge is 0.239 e. The second-order valence-electron chi connectivity index (χ2n) is 5.78. The summed E-state index contributed by atoms with van der Waals surface area (Å²) in [6, 6.07) is 2.00. The highest BCUT2D eigenvalue weighted by Crippen LogP contribution is 2.11. The number of aryl methyl sites for hydroxylation is 2. The zero-order valence-corrected chi connectivity index (χ0v) is 13.6. The number of amides is 1. The van der Waals surface area contributed by atoms with Gasteiger partial charge in [-0.25, -0.2) is 0 Å². The van der Waals surface area contributed by atoms with Gasteiger partial charge >= 0.3 is 0 Å². The summed E-state index contributed by atoms with van der Waals surface area (Å²) < 4.78 is 2.02. The Balaban J connectivity index is 1.89. The highest BCUT2D eigenvalue weighted by molar-refractivity contribution is 5.81. The van der Waals surface area contributed by atoms with Crippen LogP contribution in [0, 0.1) is 0 Å². The second kappa shape index (κ2) is 7.59. The van der Waals surface area contributed by atoms with Gasteiger partial charge in [-0.05, 0) is 45.6 Å². The van der Waals surface area contributed by atoms with Gasteiger partial charge in [-0.3, -0.25) is 9.48 Å². The summed E-state index contributed by atoms with van der Waals surface area (Å²) in [4.78, 5) is 14.4. The number of rotatable bonds is 6. The first-order chi connectivity index (χ1) is 10.2. The van der Waals surface area contributed by atoms with Crippen molar-refractivity contribution in [3.05, 3.63) is 17.5 Å². The minimum Gasteiger partial charge on any atom is -0.341 e. The standard InChI is InChI=1S/C16H28N4O/c1-4-14-11-15(20(5-2)18-14)12-17-13(3)16(21)19-9-7-6-8-10-19/h11,13,17H,4-10,12H2,1-3H3. The van der Waals surface area contributed by atoms with Crippen molar-refractivity contribution in [2.24, 2.45) is 0 Å². The van der Waals surface area contributed by atoms with Crippen LogP contribution in [0.15, 0.2) is 6.07 Å². The minimum absolute atomic E-state index is 0.131. The second-order valence-corrected chi connectivity index (χ2v) is 5.78. The van der Waals surface area contributed by atoms with E-state index in [-0.39, 0.29) is 11.9 Å². The molecule has 5 heteroatoms. The molecule has 21 heavy (non-hydrogen) atoms. The lowest BCUT2D eigenvalue weighted by molar-refractivity contribution is -0.133. The first-order valence-electron chi connectivity index (χ1n) is 8.23. The molecule has 2 rings (SSSR count). The number of hydrogen-bond donors (Lipinski definition) is 1. The largest absolute Gasteiger partial charge is 0.341 e. The zero-order valence-electron chi connectivity index (χ0n) is 13.6. The van der Waals surface area contributed by atoms with E-state index in [0.717, 1.165) is 50.3 Å². The maximum absolute atomic E-state index is 12.4. The van der Waals surface area contributed by atoms with Gasteiger partial charge in [0.05, 0.1) is 17.4 Å². The number of carbonyl (C=O) groups excluding carboxylic acids is 1. The molecule has 1 N–H and O–H groups in total. The average Bonchev–Trinajstić information content (AvgIpc) is 2.95. The summed E-state index contributed by atoms with van der Waals surface area (Å²) >= 11 is 0. The Morgan fingerprint density at radius 2 is 2.05 bits per heavy atom. The highest BCUT2D eigenvalue weighted by Gasteiger charge is 2.21. The van der Waals surface area contributed by atoms with Crippen LogP contribution in [-0.2, 0) is 24.3 Å². The van der Waals surface area contributed by atoms with Gasteiger partial charge in [-0.15, -0.1) is 0 Å². The van der Waals surface area contributed by atoms with Crippen LogP contribution in [-0.4, -0.2) is 39.7 Å². The highest BCUT2D eigenvalue weighted by atomic mass is 16.2. The maximum atomic E-state index is 12.4. The number of carbonyl (C=O) groups is 1. The molecular weight excluding hydrogens is 264 g/mol. The SMILES string of the molecule is CCc1cc(CNC(C)C(=O)N2CCCCC2)n(CC)n1. The van der Waals surface area contributed by atoms with E-state index in [9.17, 15) is 4.79 Å². The van der Waals surface area contributed by atoms with Gasteiger partial charge in [-0.1, -0.05) is 6.92 Å². The van der Waals surface area contributed by atoms with Crippen LogP contribution in [0.3, 0.4) is 0 Å². The predicted molar refractivity (Wildman–Crippen MR) is 84.0 cm³/mol. The van der Waals surface area contributed by atoms with Crippen LogP contribution in [0.25, 0.3) is 0 Å². The fourth-order valence-electron chi connectivity index (χ4n) is 2.84. The van der Waals surface area contributed by atoms with E-state index in [0.29, 0.717) is 6.54 Å². The molecular formula is C16H28N4O. The predicted octanol–water partition coefficient (Wildman–Crippen LogP) is 1.96. The number of nitrogens with one attached hydrogen (secondary N) is 1. The molecule has 5 nitrogen and oxygen atoms in total. The van der Waals surface area contributed by atoms with E-state index in [1.807, 2.05) is 16.5 Å². The van der Waals surface area contributed by atoms with Crippen LogP contribution >= 0.6 is 0 Å². The monoisotopic (exact) mass is 292 g/mol. The van der Waals surface area contributed by atoms with Crippen molar-refractivity contribution in [3.8, 4) is 0 Å². The molecule has 1 atom stereocenters. The molecule has 1 aromatic heterocycles. The van der Waals surface area contributed by atoms with Crippen molar-refractivity contribution in [2.45, 2.75) is 65.6 Å². The van der Waals surface area contributed by atoms with Gasteiger partial charge in [0, 0.05) is 26.2 Å². The Labute approximate surface area is 127 Å². The molecule has 1 aliphatic heterocycles. The molecule has 1 saturated heterocycles. The zero-order chi connectivity index (χ0) is 15.2. The molecule has 1 amide bonds. The minimum atomic E-state index is -0.131. The van der Waals surface area contributed by atoms with Gasteiger partial charge in [0.1, 0.15) is 0 Å². The summed E-state index contributed by atoms with van der Waals surface area (Å²) in [6.07, 6.45) is 4.48. The molecule has 0 saturated carbocycles. The molecule has 1 aliphatic rings. The van der Waals surface area contributed by atoms with Crippen LogP contribution in [0.2, 0.25) is 0 Å². The number of likely N-dealkylation sites (tertiary alicyclic amines) is 1. The van der Waals surface area contributed by atoms with Gasteiger partial charge in [0.15, 0.2) is 0 Å². The van der Waals surface area contributed by atoms with Crippen LogP contribution in [0.4, 0.5) is 0 Å².